The number of hydrogen-bond donors (Lipinski definition) is 0. The number of esters is 1. The molecular formula is C15H17FO3. The molecule has 1 aromatic carbocycles. The Balaban J connectivity index is 2.29. The first-order chi connectivity index (χ1) is 9.13. The Morgan fingerprint density at radius 1 is 1.42 bits per heavy atom. The van der Waals surface area contributed by atoms with E-state index in [0.717, 1.165) is 0 Å². The predicted octanol–water partition coefficient (Wildman–Crippen LogP) is 2.84. The van der Waals surface area contributed by atoms with E-state index in [9.17, 15) is 14.0 Å². The fraction of sp³-hybridized carbons (Fsp3) is 0.467. The zero-order valence-corrected chi connectivity index (χ0v) is 10.9. The van der Waals surface area contributed by atoms with Crippen molar-refractivity contribution in [2.45, 2.75) is 32.1 Å². The highest BCUT2D eigenvalue weighted by Gasteiger charge is 2.37. The number of hydrogen-bond acceptors (Lipinski definition) is 3. The summed E-state index contributed by atoms with van der Waals surface area (Å²) >= 11 is 0. The summed E-state index contributed by atoms with van der Waals surface area (Å²) in [4.78, 5) is 23.6. The summed E-state index contributed by atoms with van der Waals surface area (Å²) in [6.07, 6.45) is 1.02. The van der Waals surface area contributed by atoms with Gasteiger partial charge < -0.3 is 4.74 Å². The normalized spacial score (nSPS) is 23.2. The molecule has 102 valence electrons. The Kier molecular flexibility index (Phi) is 4.30. The van der Waals surface area contributed by atoms with E-state index >= 15 is 0 Å². The number of rotatable bonds is 3. The molecule has 0 radical (unpaired) electrons. The molecule has 1 fully saturated rings. The van der Waals surface area contributed by atoms with Crippen molar-refractivity contribution in [3.63, 3.8) is 0 Å². The van der Waals surface area contributed by atoms with Crippen molar-refractivity contribution < 1.29 is 18.7 Å². The molecule has 0 amide bonds. The van der Waals surface area contributed by atoms with Crippen LogP contribution in [0.4, 0.5) is 4.39 Å². The average molecular weight is 264 g/mol. The van der Waals surface area contributed by atoms with Crippen LogP contribution in [0.15, 0.2) is 24.3 Å². The molecule has 19 heavy (non-hydrogen) atoms. The molecular weight excluding hydrogens is 247 g/mol. The average Bonchev–Trinajstić information content (AvgIpc) is 2.39. The lowest BCUT2D eigenvalue weighted by atomic mass is 9.75. The monoisotopic (exact) mass is 264 g/mol. The van der Waals surface area contributed by atoms with Crippen molar-refractivity contribution >= 4 is 11.8 Å². The summed E-state index contributed by atoms with van der Waals surface area (Å²) < 4.78 is 18.9. The summed E-state index contributed by atoms with van der Waals surface area (Å²) in [5, 5.41) is 0. The smallest absolute Gasteiger partial charge is 0.309 e. The Morgan fingerprint density at radius 2 is 2.16 bits per heavy atom. The standard InChI is InChI=1S/C15H17FO3/c1-2-19-15(18)12-8-7-10(17)9-13(12)11-5-3-4-6-14(11)16/h3-6,12-13H,2,7-9H2,1H3/t12-,13+/m0/s1. The lowest BCUT2D eigenvalue weighted by Gasteiger charge is -2.29. The number of ketones is 1. The number of halogens is 1. The van der Waals surface area contributed by atoms with Crippen molar-refractivity contribution in [2.24, 2.45) is 5.92 Å². The third kappa shape index (κ3) is 3.00. The van der Waals surface area contributed by atoms with Crippen LogP contribution in [0.25, 0.3) is 0 Å². The summed E-state index contributed by atoms with van der Waals surface area (Å²) in [6, 6.07) is 6.32. The van der Waals surface area contributed by atoms with Crippen molar-refractivity contribution in [1.29, 1.82) is 0 Å². The topological polar surface area (TPSA) is 43.4 Å². The highest BCUT2D eigenvalue weighted by atomic mass is 19.1. The van der Waals surface area contributed by atoms with Crippen molar-refractivity contribution in [2.75, 3.05) is 6.61 Å². The zero-order chi connectivity index (χ0) is 13.8. The first kappa shape index (κ1) is 13.7. The molecule has 4 heteroatoms. The van der Waals surface area contributed by atoms with Gasteiger partial charge in [-0.15, -0.1) is 0 Å². The summed E-state index contributed by atoms with van der Waals surface area (Å²) in [5.41, 5.74) is 0.439. The number of benzene rings is 1. The molecule has 0 aromatic heterocycles. The Bertz CT molecular complexity index is 484. The fourth-order valence-corrected chi connectivity index (χ4v) is 2.64. The van der Waals surface area contributed by atoms with Crippen LogP contribution in [0.5, 0.6) is 0 Å². The second-order valence-electron chi connectivity index (χ2n) is 4.77. The molecule has 1 aliphatic rings. The van der Waals surface area contributed by atoms with E-state index in [1.807, 2.05) is 0 Å². The van der Waals surface area contributed by atoms with Crippen LogP contribution in [0.1, 0.15) is 37.7 Å². The van der Waals surface area contributed by atoms with Gasteiger partial charge in [-0.1, -0.05) is 18.2 Å². The third-order valence-corrected chi connectivity index (χ3v) is 3.56. The molecule has 0 N–H and O–H groups in total. The Hall–Kier alpha value is -1.71. The van der Waals surface area contributed by atoms with E-state index in [2.05, 4.69) is 0 Å². The van der Waals surface area contributed by atoms with Crippen LogP contribution in [-0.4, -0.2) is 18.4 Å². The molecule has 0 heterocycles. The van der Waals surface area contributed by atoms with Gasteiger partial charge in [-0.25, -0.2) is 4.39 Å². The highest BCUT2D eigenvalue weighted by Crippen LogP contribution is 2.38. The van der Waals surface area contributed by atoms with E-state index in [1.165, 1.54) is 6.07 Å². The largest absolute Gasteiger partial charge is 0.466 e. The molecule has 0 bridgehead atoms. The van der Waals surface area contributed by atoms with Crippen LogP contribution in [-0.2, 0) is 14.3 Å². The van der Waals surface area contributed by atoms with E-state index in [0.29, 0.717) is 25.0 Å². The predicted molar refractivity (Wildman–Crippen MR) is 68.1 cm³/mol. The SMILES string of the molecule is CCOC(=O)[C@H]1CCC(=O)C[C@@H]1c1ccccc1F. The van der Waals surface area contributed by atoms with Gasteiger partial charge in [0.15, 0.2) is 0 Å². The minimum atomic E-state index is -0.422. The van der Waals surface area contributed by atoms with Crippen molar-refractivity contribution in [3.8, 4) is 0 Å². The fourth-order valence-electron chi connectivity index (χ4n) is 2.64. The molecule has 0 saturated heterocycles. The summed E-state index contributed by atoms with van der Waals surface area (Å²) in [6.45, 7) is 2.04. The van der Waals surface area contributed by atoms with Crippen molar-refractivity contribution in [1.82, 2.24) is 0 Å². The lowest BCUT2D eigenvalue weighted by molar-refractivity contribution is -0.150. The van der Waals surface area contributed by atoms with Gasteiger partial charge >= 0.3 is 5.97 Å². The van der Waals surface area contributed by atoms with Gasteiger partial charge in [0.1, 0.15) is 11.6 Å². The third-order valence-electron chi connectivity index (χ3n) is 3.56. The van der Waals surface area contributed by atoms with Crippen LogP contribution in [0.2, 0.25) is 0 Å². The van der Waals surface area contributed by atoms with E-state index in [-0.39, 0.29) is 24.0 Å². The molecule has 1 aliphatic carbocycles. The number of Topliss-reactive ketones (excluding diaryl/α,β-unsaturated/α-hetero) is 1. The van der Waals surface area contributed by atoms with Crippen LogP contribution in [0.3, 0.4) is 0 Å². The van der Waals surface area contributed by atoms with Gasteiger partial charge in [0.25, 0.3) is 0 Å². The van der Waals surface area contributed by atoms with Gasteiger partial charge in [-0.2, -0.15) is 0 Å². The molecule has 0 spiro atoms. The number of carbonyl (C=O) groups excluding carboxylic acids is 2. The number of ether oxygens (including phenoxy) is 1. The second kappa shape index (κ2) is 5.95. The maximum absolute atomic E-state index is 13.9. The quantitative estimate of drug-likeness (QED) is 0.788. The summed E-state index contributed by atoms with van der Waals surface area (Å²) in [5.74, 6) is -1.44. The van der Waals surface area contributed by atoms with Crippen LogP contribution in [0, 0.1) is 11.7 Å². The van der Waals surface area contributed by atoms with Crippen LogP contribution < -0.4 is 0 Å². The molecule has 1 aromatic rings. The minimum absolute atomic E-state index is 0.0776. The van der Waals surface area contributed by atoms with E-state index < -0.39 is 11.8 Å². The first-order valence-electron chi connectivity index (χ1n) is 6.56. The van der Waals surface area contributed by atoms with Gasteiger partial charge in [0, 0.05) is 18.8 Å². The van der Waals surface area contributed by atoms with Gasteiger partial charge in [-0.05, 0) is 25.0 Å². The Labute approximate surface area is 111 Å². The van der Waals surface area contributed by atoms with Crippen molar-refractivity contribution in [3.05, 3.63) is 35.6 Å². The maximum atomic E-state index is 13.9. The highest BCUT2D eigenvalue weighted by molar-refractivity contribution is 5.84. The summed E-state index contributed by atoms with van der Waals surface area (Å²) in [7, 11) is 0. The van der Waals surface area contributed by atoms with Gasteiger partial charge in [-0.3, -0.25) is 9.59 Å². The van der Waals surface area contributed by atoms with Gasteiger partial charge in [0.2, 0.25) is 0 Å². The first-order valence-corrected chi connectivity index (χ1v) is 6.56. The van der Waals surface area contributed by atoms with E-state index in [1.54, 1.807) is 25.1 Å². The van der Waals surface area contributed by atoms with Gasteiger partial charge in [0.05, 0.1) is 12.5 Å². The Morgan fingerprint density at radius 3 is 2.84 bits per heavy atom. The molecule has 2 atom stereocenters. The molecule has 2 rings (SSSR count). The lowest BCUT2D eigenvalue weighted by Crippen LogP contribution is -2.31. The molecule has 0 unspecified atom stereocenters. The van der Waals surface area contributed by atoms with E-state index in [4.69, 9.17) is 4.74 Å². The molecule has 0 aliphatic heterocycles. The zero-order valence-electron chi connectivity index (χ0n) is 10.9. The second-order valence-corrected chi connectivity index (χ2v) is 4.77. The van der Waals surface area contributed by atoms with Crippen LogP contribution >= 0.6 is 0 Å². The maximum Gasteiger partial charge on any atom is 0.309 e. The minimum Gasteiger partial charge on any atom is -0.466 e. The molecule has 3 nitrogen and oxygen atoms in total. The molecule has 1 saturated carbocycles. The number of carbonyl (C=O) groups is 2.